The van der Waals surface area contributed by atoms with Crippen LogP contribution in [0.25, 0.3) is 0 Å². The molecule has 1 fully saturated rings. The molecule has 11 heteroatoms. The van der Waals surface area contributed by atoms with Crippen LogP contribution in [0, 0.1) is 12.8 Å². The molecule has 0 unspecified atom stereocenters. The van der Waals surface area contributed by atoms with E-state index in [1.807, 2.05) is 0 Å². The van der Waals surface area contributed by atoms with Gasteiger partial charge >= 0.3 is 6.18 Å². The topological polar surface area (TPSA) is 75.7 Å². The number of amides is 1. The van der Waals surface area contributed by atoms with E-state index < -0.39 is 33.6 Å². The molecule has 1 heterocycles. The average Bonchev–Trinajstić information content (AvgIpc) is 2.74. The van der Waals surface area contributed by atoms with E-state index in [1.54, 1.807) is 13.0 Å². The number of nitrogens with zero attached hydrogens (tertiary/aromatic N) is 1. The van der Waals surface area contributed by atoms with Crippen molar-refractivity contribution in [1.29, 1.82) is 0 Å². The molecule has 1 amide bonds. The monoisotopic (exact) mass is 490 g/mol. The fourth-order valence-electron chi connectivity index (χ4n) is 3.57. The molecule has 0 bridgehead atoms. The Kier molecular flexibility index (Phi) is 7.06. The molecular formula is C21H22ClF3N2O4S. The lowest BCUT2D eigenvalue weighted by atomic mass is 9.98. The molecule has 1 saturated heterocycles. The predicted octanol–water partition coefficient (Wildman–Crippen LogP) is 4.72. The highest BCUT2D eigenvalue weighted by Crippen LogP contribution is 2.34. The van der Waals surface area contributed by atoms with E-state index in [2.05, 4.69) is 5.32 Å². The van der Waals surface area contributed by atoms with Crippen molar-refractivity contribution in [2.45, 2.75) is 30.8 Å². The van der Waals surface area contributed by atoms with Crippen LogP contribution in [0.4, 0.5) is 18.9 Å². The minimum absolute atomic E-state index is 0.0413. The van der Waals surface area contributed by atoms with Gasteiger partial charge in [-0.25, -0.2) is 8.42 Å². The number of rotatable bonds is 5. The first-order chi connectivity index (χ1) is 14.9. The Bertz CT molecular complexity index is 1120. The first-order valence-electron chi connectivity index (χ1n) is 9.76. The van der Waals surface area contributed by atoms with Crippen LogP contribution in [0.5, 0.6) is 5.75 Å². The van der Waals surface area contributed by atoms with Crippen molar-refractivity contribution in [3.8, 4) is 5.75 Å². The predicted molar refractivity (Wildman–Crippen MR) is 114 cm³/mol. The number of benzene rings is 2. The van der Waals surface area contributed by atoms with Crippen molar-refractivity contribution >= 4 is 33.2 Å². The number of hydrogen-bond donors (Lipinski definition) is 1. The SMILES string of the molecule is COc1ccc(S(=O)(=O)N2CCC[C@H](C(=O)Nc3cc(C(F)(F)F)ccc3Cl)C2)cc1C. The third-order valence-corrected chi connectivity index (χ3v) is 7.50. The largest absolute Gasteiger partial charge is 0.496 e. The molecule has 0 aromatic heterocycles. The van der Waals surface area contributed by atoms with Crippen LogP contribution in [-0.2, 0) is 21.0 Å². The van der Waals surface area contributed by atoms with E-state index in [0.717, 1.165) is 18.2 Å². The summed E-state index contributed by atoms with van der Waals surface area (Å²) in [4.78, 5) is 12.8. The number of halogens is 4. The molecule has 2 aromatic rings. The van der Waals surface area contributed by atoms with Gasteiger partial charge in [-0.2, -0.15) is 17.5 Å². The van der Waals surface area contributed by atoms with Crippen molar-refractivity contribution in [1.82, 2.24) is 4.31 Å². The van der Waals surface area contributed by atoms with E-state index in [-0.39, 0.29) is 28.7 Å². The summed E-state index contributed by atoms with van der Waals surface area (Å²) in [5.41, 5.74) is -0.462. The molecule has 1 atom stereocenters. The number of carbonyl (C=O) groups excluding carboxylic acids is 1. The number of alkyl halides is 3. The maximum atomic E-state index is 13.1. The van der Waals surface area contributed by atoms with E-state index in [4.69, 9.17) is 16.3 Å². The van der Waals surface area contributed by atoms with E-state index in [1.165, 1.54) is 23.5 Å². The molecule has 32 heavy (non-hydrogen) atoms. The maximum Gasteiger partial charge on any atom is 0.416 e. The fourth-order valence-corrected chi connectivity index (χ4v) is 5.34. The summed E-state index contributed by atoms with van der Waals surface area (Å²) in [6.07, 6.45) is -3.75. The van der Waals surface area contributed by atoms with Crippen molar-refractivity contribution in [3.05, 3.63) is 52.5 Å². The third-order valence-electron chi connectivity index (χ3n) is 5.31. The van der Waals surface area contributed by atoms with Gasteiger partial charge in [0.2, 0.25) is 15.9 Å². The molecule has 2 aromatic carbocycles. The van der Waals surface area contributed by atoms with E-state index >= 15 is 0 Å². The Morgan fingerprint density at radius 2 is 1.94 bits per heavy atom. The van der Waals surface area contributed by atoms with Crippen LogP contribution in [0.15, 0.2) is 41.3 Å². The molecule has 0 spiro atoms. The zero-order valence-electron chi connectivity index (χ0n) is 17.4. The minimum Gasteiger partial charge on any atom is -0.496 e. The molecule has 0 radical (unpaired) electrons. The van der Waals surface area contributed by atoms with Gasteiger partial charge in [0, 0.05) is 13.1 Å². The van der Waals surface area contributed by atoms with Crippen LogP contribution in [0.3, 0.4) is 0 Å². The molecule has 1 aliphatic heterocycles. The minimum atomic E-state index is -4.59. The van der Waals surface area contributed by atoms with Crippen LogP contribution < -0.4 is 10.1 Å². The first-order valence-corrected chi connectivity index (χ1v) is 11.6. The summed E-state index contributed by atoms with van der Waals surface area (Å²) >= 11 is 5.95. The zero-order valence-corrected chi connectivity index (χ0v) is 18.9. The van der Waals surface area contributed by atoms with Gasteiger partial charge in [-0.15, -0.1) is 0 Å². The van der Waals surface area contributed by atoms with Crippen molar-refractivity contribution in [2.75, 3.05) is 25.5 Å². The zero-order chi connectivity index (χ0) is 23.7. The number of ether oxygens (including phenoxy) is 1. The molecule has 1 N–H and O–H groups in total. The summed E-state index contributed by atoms with van der Waals surface area (Å²) < 4.78 is 71.5. The van der Waals surface area contributed by atoms with Crippen LogP contribution >= 0.6 is 11.6 Å². The fraction of sp³-hybridized carbons (Fsp3) is 0.381. The second-order valence-corrected chi connectivity index (χ2v) is 9.86. The Balaban J connectivity index is 1.77. The average molecular weight is 491 g/mol. The number of carbonyl (C=O) groups is 1. The number of methoxy groups -OCH3 is 1. The second kappa shape index (κ2) is 9.29. The first kappa shape index (κ1) is 24.3. The highest BCUT2D eigenvalue weighted by atomic mass is 35.5. The van der Waals surface area contributed by atoms with Gasteiger partial charge in [0.1, 0.15) is 5.75 Å². The smallest absolute Gasteiger partial charge is 0.416 e. The van der Waals surface area contributed by atoms with Crippen molar-refractivity contribution < 1.29 is 31.1 Å². The van der Waals surface area contributed by atoms with Gasteiger partial charge in [0.15, 0.2) is 0 Å². The van der Waals surface area contributed by atoms with E-state index in [9.17, 15) is 26.4 Å². The molecule has 1 aliphatic rings. The highest BCUT2D eigenvalue weighted by molar-refractivity contribution is 7.89. The number of aryl methyl sites for hydroxylation is 1. The molecule has 3 rings (SSSR count). The number of anilines is 1. The summed E-state index contributed by atoms with van der Waals surface area (Å²) in [7, 11) is -2.37. The van der Waals surface area contributed by atoms with Crippen LogP contribution in [-0.4, -0.2) is 38.8 Å². The van der Waals surface area contributed by atoms with Crippen LogP contribution in [0.2, 0.25) is 5.02 Å². The Morgan fingerprint density at radius 3 is 2.56 bits per heavy atom. The van der Waals surface area contributed by atoms with Gasteiger partial charge in [-0.1, -0.05) is 11.6 Å². The quantitative estimate of drug-likeness (QED) is 0.658. The number of piperidine rings is 1. The molecule has 174 valence electrons. The molecular weight excluding hydrogens is 469 g/mol. The highest BCUT2D eigenvalue weighted by Gasteiger charge is 2.35. The summed E-state index contributed by atoms with van der Waals surface area (Å²) in [5.74, 6) is -0.765. The second-order valence-electron chi connectivity index (χ2n) is 7.52. The maximum absolute atomic E-state index is 13.1. The number of sulfonamides is 1. The van der Waals surface area contributed by atoms with Gasteiger partial charge in [-0.05, 0) is 61.7 Å². The van der Waals surface area contributed by atoms with Crippen molar-refractivity contribution in [2.24, 2.45) is 5.92 Å². The van der Waals surface area contributed by atoms with Gasteiger partial charge in [-0.3, -0.25) is 4.79 Å². The Morgan fingerprint density at radius 1 is 1.22 bits per heavy atom. The van der Waals surface area contributed by atoms with Gasteiger partial charge in [0.25, 0.3) is 0 Å². The normalized spacial score (nSPS) is 17.8. The van der Waals surface area contributed by atoms with Gasteiger partial charge in [0.05, 0.1) is 34.2 Å². The standard InChI is InChI=1S/C21H22ClF3N2O4S/c1-13-10-16(6-8-19(13)31-2)32(29,30)27-9-3-4-14(12-27)20(28)26-18-11-15(21(23,24)25)5-7-17(18)22/h5-8,10-11,14H,3-4,9,12H2,1-2H3,(H,26,28)/t14-/m0/s1. The Labute approximate surface area is 189 Å². The molecule has 0 saturated carbocycles. The third kappa shape index (κ3) is 5.19. The summed E-state index contributed by atoms with van der Waals surface area (Å²) in [5, 5.41) is 2.38. The van der Waals surface area contributed by atoms with Crippen molar-refractivity contribution in [3.63, 3.8) is 0 Å². The number of hydrogen-bond acceptors (Lipinski definition) is 4. The molecule has 0 aliphatic carbocycles. The van der Waals surface area contributed by atoms with E-state index in [0.29, 0.717) is 24.2 Å². The van der Waals surface area contributed by atoms with Gasteiger partial charge < -0.3 is 10.1 Å². The lowest BCUT2D eigenvalue weighted by molar-refractivity contribution is -0.137. The molecule has 6 nitrogen and oxygen atoms in total. The van der Waals surface area contributed by atoms with Crippen LogP contribution in [0.1, 0.15) is 24.0 Å². The lowest BCUT2D eigenvalue weighted by Gasteiger charge is -2.31. The lowest BCUT2D eigenvalue weighted by Crippen LogP contribution is -2.43. The summed E-state index contributed by atoms with van der Waals surface area (Å²) in [6.45, 7) is 1.88. The Hall–Kier alpha value is -2.30. The number of nitrogens with one attached hydrogen (secondary N) is 1. The summed E-state index contributed by atoms with van der Waals surface area (Å²) in [6, 6.07) is 7.14.